The van der Waals surface area contributed by atoms with Gasteiger partial charge in [0, 0.05) is 13.1 Å². The van der Waals surface area contributed by atoms with Crippen molar-refractivity contribution >= 4 is 6.09 Å². The average molecular weight is 346 g/mol. The predicted octanol–water partition coefficient (Wildman–Crippen LogP) is 2.20. The van der Waals surface area contributed by atoms with Gasteiger partial charge in [-0.15, -0.1) is 0 Å². The fraction of sp³-hybridized carbons (Fsp3) is 0.647. The highest BCUT2D eigenvalue weighted by molar-refractivity contribution is 5.64. The number of nitrogens with zero attached hydrogens (tertiary/aromatic N) is 4. The molecule has 8 nitrogen and oxygen atoms in total. The maximum Gasteiger partial charge on any atom is 0.407 e. The van der Waals surface area contributed by atoms with Crippen molar-refractivity contribution < 1.29 is 19.4 Å². The van der Waals surface area contributed by atoms with Crippen molar-refractivity contribution in [2.24, 2.45) is 0 Å². The van der Waals surface area contributed by atoms with Gasteiger partial charge < -0.3 is 19.5 Å². The van der Waals surface area contributed by atoms with Crippen LogP contribution in [0.25, 0.3) is 0 Å². The van der Waals surface area contributed by atoms with Crippen LogP contribution in [0.1, 0.15) is 44.2 Å². The van der Waals surface area contributed by atoms with Crippen molar-refractivity contribution in [3.63, 3.8) is 0 Å². The van der Waals surface area contributed by atoms with Crippen LogP contribution in [0, 0.1) is 11.3 Å². The number of hydrogen-bond donors (Lipinski definition) is 1. The molecule has 25 heavy (non-hydrogen) atoms. The number of nitriles is 1. The number of amides is 1. The fourth-order valence-corrected chi connectivity index (χ4v) is 3.35. The summed E-state index contributed by atoms with van der Waals surface area (Å²) in [5.41, 5.74) is 0.276. The lowest BCUT2D eigenvalue weighted by molar-refractivity contribution is -0.0644. The minimum atomic E-state index is -0.845. The number of ether oxygens (including phenoxy) is 2. The highest BCUT2D eigenvalue weighted by Gasteiger charge is 2.28. The molecule has 1 saturated carbocycles. The van der Waals surface area contributed by atoms with Crippen molar-refractivity contribution in [3.8, 4) is 11.9 Å². The quantitative estimate of drug-likeness (QED) is 0.890. The number of carboxylic acid groups (broad SMARTS) is 1. The van der Waals surface area contributed by atoms with Gasteiger partial charge in [0.2, 0.25) is 5.88 Å². The molecule has 0 unspecified atom stereocenters. The molecule has 0 atom stereocenters. The zero-order valence-electron chi connectivity index (χ0n) is 14.0. The first-order valence-electron chi connectivity index (χ1n) is 8.66. The molecule has 0 aromatic carbocycles. The molecular formula is C17H22N4O4. The predicted molar refractivity (Wildman–Crippen MR) is 87.1 cm³/mol. The van der Waals surface area contributed by atoms with Gasteiger partial charge in [-0.2, -0.15) is 5.26 Å². The van der Waals surface area contributed by atoms with Crippen LogP contribution in [0.4, 0.5) is 4.79 Å². The third kappa shape index (κ3) is 4.79. The largest absolute Gasteiger partial charge is 0.473 e. The number of piperidine rings is 1. The Labute approximate surface area is 146 Å². The summed E-state index contributed by atoms with van der Waals surface area (Å²) < 4.78 is 12.0. The number of likely N-dealkylation sites (tertiary alicyclic amines) is 1. The molecule has 1 aliphatic heterocycles. The first-order valence-corrected chi connectivity index (χ1v) is 8.66. The molecule has 8 heteroatoms. The van der Waals surface area contributed by atoms with E-state index >= 15 is 0 Å². The number of carbonyl (C=O) groups is 1. The Kier molecular flexibility index (Phi) is 5.66. The monoisotopic (exact) mass is 346 g/mol. The molecule has 2 heterocycles. The Morgan fingerprint density at radius 3 is 2.28 bits per heavy atom. The molecule has 0 radical (unpaired) electrons. The van der Waals surface area contributed by atoms with Gasteiger partial charge in [-0.1, -0.05) is 0 Å². The molecule has 2 fully saturated rings. The molecule has 1 aromatic rings. The molecule has 1 aromatic heterocycles. The Morgan fingerprint density at radius 1 is 1.08 bits per heavy atom. The van der Waals surface area contributed by atoms with Crippen LogP contribution in [-0.2, 0) is 4.74 Å². The van der Waals surface area contributed by atoms with E-state index in [1.165, 1.54) is 17.3 Å². The topological polar surface area (TPSA) is 109 Å². The second-order valence-corrected chi connectivity index (χ2v) is 6.47. The molecule has 1 aliphatic carbocycles. The van der Waals surface area contributed by atoms with Gasteiger partial charge >= 0.3 is 6.09 Å². The maximum atomic E-state index is 10.9. The number of aromatic nitrogens is 2. The molecule has 0 spiro atoms. The van der Waals surface area contributed by atoms with Crippen molar-refractivity contribution in [2.75, 3.05) is 13.1 Å². The summed E-state index contributed by atoms with van der Waals surface area (Å²) in [4.78, 5) is 20.4. The second-order valence-electron chi connectivity index (χ2n) is 6.47. The Morgan fingerprint density at radius 2 is 1.72 bits per heavy atom. The van der Waals surface area contributed by atoms with Gasteiger partial charge in [0.15, 0.2) is 5.69 Å². The second kappa shape index (κ2) is 8.12. The highest BCUT2D eigenvalue weighted by Crippen LogP contribution is 2.27. The molecular weight excluding hydrogens is 324 g/mol. The SMILES string of the molecule is N#Cc1cnc(OC2CCC(OC3CCN(C(=O)O)CC3)CC2)cn1. The van der Waals surface area contributed by atoms with E-state index in [-0.39, 0.29) is 24.0 Å². The first-order chi connectivity index (χ1) is 12.1. The van der Waals surface area contributed by atoms with Crippen LogP contribution in [0.2, 0.25) is 0 Å². The summed E-state index contributed by atoms with van der Waals surface area (Å²) in [6.45, 7) is 1.10. The third-order valence-corrected chi connectivity index (χ3v) is 4.75. The zero-order chi connectivity index (χ0) is 17.6. The zero-order valence-corrected chi connectivity index (χ0v) is 14.0. The van der Waals surface area contributed by atoms with Gasteiger partial charge in [-0.25, -0.2) is 14.8 Å². The summed E-state index contributed by atoms with van der Waals surface area (Å²) in [6, 6.07) is 1.93. The van der Waals surface area contributed by atoms with Crippen molar-refractivity contribution in [2.45, 2.75) is 56.8 Å². The molecule has 1 N–H and O–H groups in total. The van der Waals surface area contributed by atoms with Crippen molar-refractivity contribution in [3.05, 3.63) is 18.1 Å². The lowest BCUT2D eigenvalue weighted by Crippen LogP contribution is -2.41. The third-order valence-electron chi connectivity index (χ3n) is 4.75. The van der Waals surface area contributed by atoms with Gasteiger partial charge in [0.1, 0.15) is 12.2 Å². The Bertz CT molecular complexity index is 615. The summed E-state index contributed by atoms with van der Waals surface area (Å²) in [7, 11) is 0. The van der Waals surface area contributed by atoms with E-state index in [0.29, 0.717) is 19.0 Å². The Hall–Kier alpha value is -2.40. The minimum absolute atomic E-state index is 0.0935. The first kappa shape index (κ1) is 17.4. The minimum Gasteiger partial charge on any atom is -0.473 e. The van der Waals surface area contributed by atoms with Crippen LogP contribution < -0.4 is 4.74 Å². The highest BCUT2D eigenvalue weighted by atomic mass is 16.5. The van der Waals surface area contributed by atoms with Gasteiger partial charge in [-0.3, -0.25) is 0 Å². The van der Waals surface area contributed by atoms with Gasteiger partial charge in [-0.05, 0) is 38.5 Å². The fourth-order valence-electron chi connectivity index (χ4n) is 3.35. The van der Waals surface area contributed by atoms with Crippen LogP contribution in [0.15, 0.2) is 12.4 Å². The summed E-state index contributed by atoms with van der Waals surface area (Å²) in [5.74, 6) is 0.449. The molecule has 134 valence electrons. The van der Waals surface area contributed by atoms with Crippen molar-refractivity contribution in [1.82, 2.24) is 14.9 Å². The summed E-state index contributed by atoms with van der Waals surface area (Å²) >= 11 is 0. The van der Waals surface area contributed by atoms with E-state index in [0.717, 1.165) is 38.5 Å². The van der Waals surface area contributed by atoms with E-state index in [9.17, 15) is 4.79 Å². The average Bonchev–Trinajstić information content (AvgIpc) is 2.64. The van der Waals surface area contributed by atoms with Gasteiger partial charge in [0.25, 0.3) is 0 Å². The van der Waals surface area contributed by atoms with Crippen LogP contribution in [-0.4, -0.2) is 57.5 Å². The molecule has 1 saturated heterocycles. The van der Waals surface area contributed by atoms with E-state index in [4.69, 9.17) is 19.8 Å². The van der Waals surface area contributed by atoms with E-state index in [1.54, 1.807) is 0 Å². The molecule has 1 amide bonds. The number of rotatable bonds is 4. The number of hydrogen-bond acceptors (Lipinski definition) is 6. The molecule has 2 aliphatic rings. The normalized spacial score (nSPS) is 24.5. The van der Waals surface area contributed by atoms with Crippen LogP contribution in [0.3, 0.4) is 0 Å². The smallest absolute Gasteiger partial charge is 0.407 e. The van der Waals surface area contributed by atoms with E-state index in [1.807, 2.05) is 6.07 Å². The van der Waals surface area contributed by atoms with E-state index < -0.39 is 6.09 Å². The lowest BCUT2D eigenvalue weighted by Gasteiger charge is -2.35. The Balaban J connectivity index is 1.38. The van der Waals surface area contributed by atoms with Crippen LogP contribution in [0.5, 0.6) is 5.88 Å². The lowest BCUT2D eigenvalue weighted by atomic mass is 9.94. The van der Waals surface area contributed by atoms with Crippen molar-refractivity contribution in [1.29, 1.82) is 5.26 Å². The summed E-state index contributed by atoms with van der Waals surface area (Å²) in [6.07, 6.45) is 7.67. The van der Waals surface area contributed by atoms with Gasteiger partial charge in [0.05, 0.1) is 24.6 Å². The molecule has 3 rings (SSSR count). The summed E-state index contributed by atoms with van der Waals surface area (Å²) in [5, 5.41) is 17.7. The van der Waals surface area contributed by atoms with Crippen LogP contribution >= 0.6 is 0 Å². The standard InChI is InChI=1S/C17H22N4O4/c18-9-12-10-20-16(11-19-12)25-14-3-1-13(2-4-14)24-15-5-7-21(8-6-15)17(22)23/h10-11,13-15H,1-8H2,(H,22,23). The maximum absolute atomic E-state index is 10.9. The van der Waals surface area contributed by atoms with E-state index in [2.05, 4.69) is 9.97 Å². The molecule has 0 bridgehead atoms.